The Balaban J connectivity index is 2.17. The average Bonchev–Trinajstić information content (AvgIpc) is 2.17. The van der Waals surface area contributed by atoms with Crippen LogP contribution in [0.15, 0.2) is 0 Å². The number of halogens is 3. The van der Waals surface area contributed by atoms with Crippen LogP contribution < -0.4 is 5.32 Å². The number of hydrogen-bond donors (Lipinski definition) is 1. The molecule has 5 heteroatoms. The Morgan fingerprint density at radius 3 is 2.60 bits per heavy atom. The first-order valence-corrected chi connectivity index (χ1v) is 5.32. The molecule has 2 nitrogen and oxygen atoms in total. The van der Waals surface area contributed by atoms with Crippen molar-refractivity contribution in [2.75, 3.05) is 6.54 Å². The smallest absolute Gasteiger partial charge is 0.307 e. The summed E-state index contributed by atoms with van der Waals surface area (Å²) in [4.78, 5) is 11.5. The van der Waals surface area contributed by atoms with Crippen molar-refractivity contribution in [2.24, 2.45) is 0 Å². The summed E-state index contributed by atoms with van der Waals surface area (Å²) in [5.41, 5.74) is 0. The van der Waals surface area contributed by atoms with E-state index < -0.39 is 12.6 Å². The van der Waals surface area contributed by atoms with Crippen molar-refractivity contribution < 1.29 is 18.0 Å². The van der Waals surface area contributed by atoms with Gasteiger partial charge in [0.2, 0.25) is 0 Å². The molecular weight excluding hydrogens is 207 g/mol. The molecule has 1 rings (SSSR count). The summed E-state index contributed by atoms with van der Waals surface area (Å²) < 4.78 is 35.5. The molecule has 0 aromatic heterocycles. The Labute approximate surface area is 87.2 Å². The molecule has 0 amide bonds. The van der Waals surface area contributed by atoms with Gasteiger partial charge in [-0.25, -0.2) is 0 Å². The zero-order valence-corrected chi connectivity index (χ0v) is 8.57. The van der Waals surface area contributed by atoms with Gasteiger partial charge in [-0.15, -0.1) is 0 Å². The van der Waals surface area contributed by atoms with Gasteiger partial charge in [-0.2, -0.15) is 13.2 Å². The maximum Gasteiger partial charge on any atom is 0.389 e. The lowest BCUT2D eigenvalue weighted by Crippen LogP contribution is -2.40. The van der Waals surface area contributed by atoms with Crippen LogP contribution >= 0.6 is 0 Å². The molecule has 0 aromatic carbocycles. The van der Waals surface area contributed by atoms with Gasteiger partial charge < -0.3 is 5.32 Å². The lowest BCUT2D eigenvalue weighted by atomic mass is 9.98. The summed E-state index contributed by atoms with van der Waals surface area (Å²) in [6.07, 6.45) is -2.23. The number of Topliss-reactive ketones (excluding diaryl/α,β-unsaturated/α-hetero) is 1. The number of ketones is 1. The van der Waals surface area contributed by atoms with Gasteiger partial charge in [0.05, 0.1) is 6.04 Å². The summed E-state index contributed by atoms with van der Waals surface area (Å²) in [7, 11) is 0. The molecule has 1 aliphatic heterocycles. The quantitative estimate of drug-likeness (QED) is 0.793. The molecular formula is C10H16F3NO. The Kier molecular flexibility index (Phi) is 4.57. The molecule has 1 unspecified atom stereocenters. The van der Waals surface area contributed by atoms with E-state index in [1.807, 2.05) is 0 Å². The summed E-state index contributed by atoms with van der Waals surface area (Å²) in [5.74, 6) is -0.0704. The SMILES string of the molecule is O=C(CCCC(F)(F)F)C1CCCCN1. The topological polar surface area (TPSA) is 29.1 Å². The number of alkyl halides is 3. The van der Waals surface area contributed by atoms with Crippen molar-refractivity contribution in [3.05, 3.63) is 0 Å². The Bertz CT molecular complexity index is 209. The first kappa shape index (κ1) is 12.5. The Morgan fingerprint density at radius 1 is 1.33 bits per heavy atom. The van der Waals surface area contributed by atoms with Crippen LogP contribution in [0.5, 0.6) is 0 Å². The van der Waals surface area contributed by atoms with E-state index in [1.165, 1.54) is 0 Å². The third kappa shape index (κ3) is 5.16. The molecule has 1 N–H and O–H groups in total. The highest BCUT2D eigenvalue weighted by Gasteiger charge is 2.27. The van der Waals surface area contributed by atoms with Crippen molar-refractivity contribution in [1.29, 1.82) is 0 Å². The van der Waals surface area contributed by atoms with Gasteiger partial charge in [0.15, 0.2) is 0 Å². The van der Waals surface area contributed by atoms with E-state index >= 15 is 0 Å². The van der Waals surface area contributed by atoms with Gasteiger partial charge >= 0.3 is 6.18 Å². The summed E-state index contributed by atoms with van der Waals surface area (Å²) >= 11 is 0. The predicted octanol–water partition coefficient (Wildman–Crippen LogP) is 2.43. The number of hydrogen-bond acceptors (Lipinski definition) is 2. The Hall–Kier alpha value is -0.580. The van der Waals surface area contributed by atoms with Gasteiger partial charge in [0.25, 0.3) is 0 Å². The van der Waals surface area contributed by atoms with Gasteiger partial charge in [0, 0.05) is 12.8 Å². The van der Waals surface area contributed by atoms with Crippen molar-refractivity contribution >= 4 is 5.78 Å². The molecule has 0 spiro atoms. The van der Waals surface area contributed by atoms with E-state index in [0.29, 0.717) is 0 Å². The molecule has 1 heterocycles. The van der Waals surface area contributed by atoms with E-state index in [9.17, 15) is 18.0 Å². The number of piperidine rings is 1. The molecule has 1 atom stereocenters. The first-order valence-electron chi connectivity index (χ1n) is 5.32. The largest absolute Gasteiger partial charge is 0.389 e. The fourth-order valence-electron chi connectivity index (χ4n) is 1.76. The van der Waals surface area contributed by atoms with Gasteiger partial charge in [-0.3, -0.25) is 4.79 Å². The predicted molar refractivity (Wildman–Crippen MR) is 50.6 cm³/mol. The van der Waals surface area contributed by atoms with Gasteiger partial charge in [-0.05, 0) is 25.8 Å². The second-order valence-electron chi connectivity index (χ2n) is 3.94. The summed E-state index contributed by atoms with van der Waals surface area (Å²) in [6.45, 7) is 0.801. The molecule has 0 radical (unpaired) electrons. The standard InChI is InChI=1S/C10H16F3NO/c11-10(12,13)6-3-5-9(15)8-4-1-2-7-14-8/h8,14H,1-7H2. The second kappa shape index (κ2) is 5.49. The highest BCUT2D eigenvalue weighted by atomic mass is 19.4. The fraction of sp³-hybridized carbons (Fsp3) is 0.900. The highest BCUT2D eigenvalue weighted by Crippen LogP contribution is 2.22. The normalized spacial score (nSPS) is 22.7. The maximum atomic E-state index is 11.8. The third-order valence-electron chi connectivity index (χ3n) is 2.58. The number of rotatable bonds is 4. The van der Waals surface area contributed by atoms with Crippen molar-refractivity contribution in [2.45, 2.75) is 50.7 Å². The first-order chi connectivity index (χ1) is 6.99. The second-order valence-corrected chi connectivity index (χ2v) is 3.94. The van der Waals surface area contributed by atoms with Crippen molar-refractivity contribution in [3.63, 3.8) is 0 Å². The van der Waals surface area contributed by atoms with Crippen LogP contribution in [0.4, 0.5) is 13.2 Å². The van der Waals surface area contributed by atoms with Crippen LogP contribution in [-0.2, 0) is 4.79 Å². The number of nitrogens with one attached hydrogen (secondary N) is 1. The maximum absolute atomic E-state index is 11.8. The van der Waals surface area contributed by atoms with Crippen LogP contribution in [0.3, 0.4) is 0 Å². The molecule has 1 aliphatic rings. The fourth-order valence-corrected chi connectivity index (χ4v) is 1.76. The molecule has 0 aliphatic carbocycles. The lowest BCUT2D eigenvalue weighted by molar-refractivity contribution is -0.137. The number of carbonyl (C=O) groups excluding carboxylic acids is 1. The summed E-state index contributed by atoms with van der Waals surface area (Å²) in [6, 6.07) is -0.202. The van der Waals surface area contributed by atoms with Crippen molar-refractivity contribution in [1.82, 2.24) is 5.32 Å². The van der Waals surface area contributed by atoms with Crippen LogP contribution in [0, 0.1) is 0 Å². The van der Waals surface area contributed by atoms with Gasteiger partial charge in [-0.1, -0.05) is 6.42 Å². The van der Waals surface area contributed by atoms with Crippen LogP contribution in [-0.4, -0.2) is 24.5 Å². The van der Waals surface area contributed by atoms with Crippen LogP contribution in [0.1, 0.15) is 38.5 Å². The minimum Gasteiger partial charge on any atom is -0.307 e. The molecule has 0 aromatic rings. The lowest BCUT2D eigenvalue weighted by Gasteiger charge is -2.22. The van der Waals surface area contributed by atoms with Gasteiger partial charge in [0.1, 0.15) is 5.78 Å². The van der Waals surface area contributed by atoms with E-state index in [1.54, 1.807) is 0 Å². The minimum atomic E-state index is -4.14. The number of carbonyl (C=O) groups is 1. The summed E-state index contributed by atoms with van der Waals surface area (Å²) in [5, 5.41) is 3.04. The molecule has 1 fully saturated rings. The zero-order chi connectivity index (χ0) is 11.3. The van der Waals surface area contributed by atoms with Crippen LogP contribution in [0.25, 0.3) is 0 Å². The molecule has 0 saturated carbocycles. The van der Waals surface area contributed by atoms with E-state index in [4.69, 9.17) is 0 Å². The molecule has 0 bridgehead atoms. The van der Waals surface area contributed by atoms with E-state index in [2.05, 4.69) is 5.32 Å². The molecule has 1 saturated heterocycles. The van der Waals surface area contributed by atoms with Crippen molar-refractivity contribution in [3.8, 4) is 0 Å². The van der Waals surface area contributed by atoms with E-state index in [-0.39, 0.29) is 24.7 Å². The molecule has 88 valence electrons. The van der Waals surface area contributed by atoms with Crippen LogP contribution in [0.2, 0.25) is 0 Å². The highest BCUT2D eigenvalue weighted by molar-refractivity contribution is 5.84. The Morgan fingerprint density at radius 2 is 2.07 bits per heavy atom. The minimum absolute atomic E-state index is 0.0389. The third-order valence-corrected chi connectivity index (χ3v) is 2.58. The zero-order valence-electron chi connectivity index (χ0n) is 8.57. The van der Waals surface area contributed by atoms with E-state index in [0.717, 1.165) is 25.8 Å². The monoisotopic (exact) mass is 223 g/mol. The molecule has 15 heavy (non-hydrogen) atoms. The average molecular weight is 223 g/mol.